The normalized spacial score (nSPS) is 14.0. The molecule has 0 unspecified atom stereocenters. The number of nitrogens with zero attached hydrogens (tertiary/aromatic N) is 5. The fourth-order valence-corrected chi connectivity index (χ4v) is 4.28. The molecule has 3 aromatic rings. The molecule has 1 aromatic heterocycles. The Bertz CT molecular complexity index is 1000. The summed E-state index contributed by atoms with van der Waals surface area (Å²) in [6.07, 6.45) is 0.941. The van der Waals surface area contributed by atoms with Gasteiger partial charge in [-0.2, -0.15) is 5.26 Å². The van der Waals surface area contributed by atoms with Gasteiger partial charge in [0.05, 0.1) is 30.5 Å². The second-order valence-electron chi connectivity index (χ2n) is 6.80. The van der Waals surface area contributed by atoms with Crippen LogP contribution in [0.2, 0.25) is 0 Å². The van der Waals surface area contributed by atoms with Crippen LogP contribution in [-0.4, -0.2) is 41.1 Å². The number of thioether (sulfide) groups is 1. The monoisotopic (exact) mass is 405 g/mol. The average molecular weight is 406 g/mol. The fraction of sp³-hybridized carbons (Fsp3) is 0.318. The van der Waals surface area contributed by atoms with Gasteiger partial charge in [-0.3, -0.25) is 4.57 Å². The number of nitriles is 1. The van der Waals surface area contributed by atoms with Crippen molar-refractivity contribution in [2.75, 3.05) is 31.2 Å². The van der Waals surface area contributed by atoms with E-state index in [2.05, 4.69) is 56.9 Å². The van der Waals surface area contributed by atoms with Crippen LogP contribution in [0.1, 0.15) is 23.6 Å². The van der Waals surface area contributed by atoms with Crippen LogP contribution >= 0.6 is 11.8 Å². The molecule has 1 fully saturated rings. The lowest BCUT2D eigenvalue weighted by molar-refractivity contribution is 0.122. The zero-order valence-electron chi connectivity index (χ0n) is 16.4. The van der Waals surface area contributed by atoms with Gasteiger partial charge in [-0.25, -0.2) is 0 Å². The molecule has 1 saturated heterocycles. The highest BCUT2D eigenvalue weighted by molar-refractivity contribution is 7.98. The summed E-state index contributed by atoms with van der Waals surface area (Å²) in [6.45, 7) is 5.20. The smallest absolute Gasteiger partial charge is 0.232 e. The maximum absolute atomic E-state index is 8.98. The van der Waals surface area contributed by atoms with Gasteiger partial charge in [0.1, 0.15) is 0 Å². The minimum Gasteiger partial charge on any atom is -0.378 e. The van der Waals surface area contributed by atoms with E-state index in [9.17, 15) is 0 Å². The number of ether oxygens (including phenoxy) is 1. The Hall–Kier alpha value is -2.82. The van der Waals surface area contributed by atoms with Crippen LogP contribution in [0.15, 0.2) is 53.7 Å². The summed E-state index contributed by atoms with van der Waals surface area (Å²) in [5.41, 5.74) is 4.22. The molecule has 0 bridgehead atoms. The molecular weight excluding hydrogens is 382 g/mol. The third-order valence-electron chi connectivity index (χ3n) is 4.97. The number of hydrogen-bond donors (Lipinski definition) is 0. The van der Waals surface area contributed by atoms with Crippen molar-refractivity contribution < 1.29 is 4.74 Å². The lowest BCUT2D eigenvalue weighted by Gasteiger charge is -2.28. The summed E-state index contributed by atoms with van der Waals surface area (Å²) in [6, 6.07) is 18.3. The first kappa shape index (κ1) is 19.5. The van der Waals surface area contributed by atoms with Crippen molar-refractivity contribution in [1.82, 2.24) is 14.8 Å². The predicted octanol–water partition coefficient (Wildman–Crippen LogP) is 3.83. The number of hydrogen-bond acceptors (Lipinski definition) is 6. The number of morpholine rings is 1. The molecule has 0 aliphatic carbocycles. The van der Waals surface area contributed by atoms with Gasteiger partial charge in [0.15, 0.2) is 5.16 Å². The molecule has 2 aromatic carbocycles. The van der Waals surface area contributed by atoms with Gasteiger partial charge in [-0.15, -0.1) is 10.2 Å². The van der Waals surface area contributed by atoms with Gasteiger partial charge in [-0.1, -0.05) is 49.0 Å². The zero-order valence-corrected chi connectivity index (χ0v) is 17.2. The highest BCUT2D eigenvalue weighted by Gasteiger charge is 2.22. The van der Waals surface area contributed by atoms with E-state index in [0.717, 1.165) is 47.6 Å². The summed E-state index contributed by atoms with van der Waals surface area (Å²) in [5, 5.41) is 18.9. The van der Waals surface area contributed by atoms with E-state index < -0.39 is 0 Å². The number of para-hydroxylation sites is 1. The standard InChI is InChI=1S/C22H23N5OS/c1-2-19-5-3-4-6-20(19)27-21(26-11-13-28-14-12-26)24-25-22(27)29-16-18-9-7-17(15-23)8-10-18/h3-10H,2,11-14,16H2,1H3. The van der Waals surface area contributed by atoms with Crippen LogP contribution in [0.5, 0.6) is 0 Å². The Morgan fingerprint density at radius 3 is 2.55 bits per heavy atom. The van der Waals surface area contributed by atoms with E-state index in [4.69, 9.17) is 10.00 Å². The molecule has 1 aliphatic rings. The lowest BCUT2D eigenvalue weighted by atomic mass is 10.1. The largest absolute Gasteiger partial charge is 0.378 e. The molecule has 0 N–H and O–H groups in total. The van der Waals surface area contributed by atoms with Gasteiger partial charge in [0, 0.05) is 18.8 Å². The van der Waals surface area contributed by atoms with E-state index in [0.29, 0.717) is 18.8 Å². The number of benzene rings is 2. The Morgan fingerprint density at radius 1 is 1.07 bits per heavy atom. The Morgan fingerprint density at radius 2 is 1.83 bits per heavy atom. The molecule has 0 atom stereocenters. The van der Waals surface area contributed by atoms with E-state index in [1.54, 1.807) is 11.8 Å². The summed E-state index contributed by atoms with van der Waals surface area (Å²) >= 11 is 1.66. The molecule has 2 heterocycles. The topological polar surface area (TPSA) is 67.0 Å². The summed E-state index contributed by atoms with van der Waals surface area (Å²) in [7, 11) is 0. The maximum Gasteiger partial charge on any atom is 0.232 e. The van der Waals surface area contributed by atoms with Crippen molar-refractivity contribution >= 4 is 17.7 Å². The van der Waals surface area contributed by atoms with Crippen molar-refractivity contribution in [1.29, 1.82) is 5.26 Å². The van der Waals surface area contributed by atoms with E-state index in [1.165, 1.54) is 5.56 Å². The second kappa shape index (κ2) is 9.12. The van der Waals surface area contributed by atoms with Crippen LogP contribution in [0.4, 0.5) is 5.95 Å². The third-order valence-corrected chi connectivity index (χ3v) is 5.97. The Labute approximate surface area is 175 Å². The van der Waals surface area contributed by atoms with Gasteiger partial charge in [0.2, 0.25) is 5.95 Å². The first-order chi connectivity index (χ1) is 14.3. The first-order valence-corrected chi connectivity index (χ1v) is 10.8. The molecule has 0 spiro atoms. The SMILES string of the molecule is CCc1ccccc1-n1c(SCc2ccc(C#N)cc2)nnc1N1CCOCC1. The van der Waals surface area contributed by atoms with Crippen molar-refractivity contribution in [3.63, 3.8) is 0 Å². The summed E-state index contributed by atoms with van der Waals surface area (Å²) < 4.78 is 7.69. The lowest BCUT2D eigenvalue weighted by Crippen LogP contribution is -2.38. The molecule has 29 heavy (non-hydrogen) atoms. The van der Waals surface area contributed by atoms with Gasteiger partial charge >= 0.3 is 0 Å². The predicted molar refractivity (Wildman–Crippen MR) is 114 cm³/mol. The van der Waals surface area contributed by atoms with E-state index in [-0.39, 0.29) is 0 Å². The first-order valence-electron chi connectivity index (χ1n) is 9.78. The summed E-state index contributed by atoms with van der Waals surface area (Å²) in [5.74, 6) is 1.64. The Balaban J connectivity index is 1.67. The van der Waals surface area contributed by atoms with Crippen molar-refractivity contribution in [2.45, 2.75) is 24.3 Å². The molecule has 148 valence electrons. The van der Waals surface area contributed by atoms with Crippen molar-refractivity contribution in [3.8, 4) is 11.8 Å². The third kappa shape index (κ3) is 4.29. The average Bonchev–Trinajstić information content (AvgIpc) is 3.22. The van der Waals surface area contributed by atoms with Crippen molar-refractivity contribution in [2.24, 2.45) is 0 Å². The Kier molecular flexibility index (Phi) is 6.13. The minimum atomic E-state index is 0.674. The van der Waals surface area contributed by atoms with Crippen LogP contribution in [0.3, 0.4) is 0 Å². The van der Waals surface area contributed by atoms with Gasteiger partial charge < -0.3 is 9.64 Å². The zero-order chi connectivity index (χ0) is 20.1. The number of rotatable bonds is 6. The van der Waals surface area contributed by atoms with Crippen LogP contribution in [0, 0.1) is 11.3 Å². The highest BCUT2D eigenvalue weighted by atomic mass is 32.2. The van der Waals surface area contributed by atoms with Gasteiger partial charge in [0.25, 0.3) is 0 Å². The maximum atomic E-state index is 8.98. The fourth-order valence-electron chi connectivity index (χ4n) is 3.39. The molecular formula is C22H23N5OS. The van der Waals surface area contributed by atoms with Gasteiger partial charge in [-0.05, 0) is 35.7 Å². The van der Waals surface area contributed by atoms with Crippen LogP contribution < -0.4 is 4.90 Å². The van der Waals surface area contributed by atoms with Crippen molar-refractivity contribution in [3.05, 3.63) is 65.2 Å². The molecule has 0 saturated carbocycles. The second-order valence-corrected chi connectivity index (χ2v) is 7.74. The molecule has 6 nitrogen and oxygen atoms in total. The van der Waals surface area contributed by atoms with E-state index >= 15 is 0 Å². The number of aryl methyl sites for hydroxylation is 1. The number of anilines is 1. The molecule has 0 amide bonds. The molecule has 4 rings (SSSR count). The molecule has 1 aliphatic heterocycles. The molecule has 7 heteroatoms. The van der Waals surface area contributed by atoms with Crippen LogP contribution in [0.25, 0.3) is 5.69 Å². The highest BCUT2D eigenvalue weighted by Crippen LogP contribution is 2.31. The summed E-state index contributed by atoms with van der Waals surface area (Å²) in [4.78, 5) is 2.24. The van der Waals surface area contributed by atoms with Crippen LogP contribution in [-0.2, 0) is 16.9 Å². The number of aromatic nitrogens is 3. The quantitative estimate of drug-likeness (QED) is 0.581. The minimum absolute atomic E-state index is 0.674. The molecule has 0 radical (unpaired) electrons. The van der Waals surface area contributed by atoms with E-state index in [1.807, 2.05) is 24.3 Å².